The third-order valence-electron chi connectivity index (χ3n) is 3.76. The van der Waals surface area contributed by atoms with Gasteiger partial charge in [-0.2, -0.15) is 5.10 Å². The van der Waals surface area contributed by atoms with Crippen molar-refractivity contribution in [2.45, 2.75) is 31.8 Å². The fourth-order valence-corrected chi connectivity index (χ4v) is 3.92. The first-order chi connectivity index (χ1) is 11.5. The molecule has 132 valence electrons. The monoisotopic (exact) mass is 355 g/mol. The summed E-state index contributed by atoms with van der Waals surface area (Å²) in [5.41, 5.74) is 0.469. The third-order valence-corrected chi connectivity index (χ3v) is 5.88. The van der Waals surface area contributed by atoms with Crippen molar-refractivity contribution in [1.29, 1.82) is 0 Å². The number of rotatable bonds is 8. The van der Waals surface area contributed by atoms with Gasteiger partial charge in [0, 0.05) is 26.0 Å². The molecule has 2 aromatic rings. The predicted molar refractivity (Wildman–Crippen MR) is 88.0 cm³/mol. The van der Waals surface area contributed by atoms with E-state index in [4.69, 9.17) is 13.8 Å². The number of fused-ring (bicyclic) bond motifs is 1. The summed E-state index contributed by atoms with van der Waals surface area (Å²) in [4.78, 5) is 16.9. The van der Waals surface area contributed by atoms with E-state index in [1.54, 1.807) is 18.3 Å². The Kier molecular flexibility index (Phi) is 6.10. The molecule has 0 N–H and O–H groups in total. The van der Waals surface area contributed by atoms with Crippen LogP contribution in [0.3, 0.4) is 0 Å². The Morgan fingerprint density at radius 3 is 2.62 bits per heavy atom. The Hall–Kier alpha value is -1.76. The lowest BCUT2D eigenvalue weighted by Gasteiger charge is -2.23. The average molecular weight is 355 g/mol. The van der Waals surface area contributed by atoms with Crippen LogP contribution in [-0.4, -0.2) is 41.9 Å². The highest BCUT2D eigenvalue weighted by atomic mass is 31.2. The normalized spacial score (nSPS) is 13.2. The summed E-state index contributed by atoms with van der Waals surface area (Å²) in [6.45, 7) is 2.08. The molecule has 0 fully saturated rings. The van der Waals surface area contributed by atoms with Gasteiger partial charge in [0.25, 0.3) is 0 Å². The van der Waals surface area contributed by atoms with Crippen LogP contribution in [0, 0.1) is 0 Å². The lowest BCUT2D eigenvalue weighted by atomic mass is 10.1. The highest BCUT2D eigenvalue weighted by Crippen LogP contribution is 2.60. The van der Waals surface area contributed by atoms with Crippen molar-refractivity contribution >= 4 is 19.2 Å². The lowest BCUT2D eigenvalue weighted by Crippen LogP contribution is -2.20. The van der Waals surface area contributed by atoms with Gasteiger partial charge < -0.3 is 13.8 Å². The summed E-state index contributed by atoms with van der Waals surface area (Å²) in [7, 11) is -0.0764. The topological polar surface area (TPSA) is 92.0 Å². The predicted octanol–water partition coefficient (Wildman–Crippen LogP) is 2.77. The second kappa shape index (κ2) is 7.88. The van der Waals surface area contributed by atoms with E-state index in [1.165, 1.54) is 25.8 Å². The number of esters is 1. The molecule has 0 aliphatic rings. The average Bonchev–Trinajstić information content (AvgIpc) is 3.08. The van der Waals surface area contributed by atoms with Crippen molar-refractivity contribution in [2.75, 3.05) is 21.3 Å². The Balaban J connectivity index is 2.66. The second-order valence-corrected chi connectivity index (χ2v) is 7.53. The molecule has 0 amide bonds. The van der Waals surface area contributed by atoms with Crippen molar-refractivity contribution in [2.24, 2.45) is 0 Å². The van der Waals surface area contributed by atoms with Crippen LogP contribution in [0.1, 0.15) is 36.8 Å². The Morgan fingerprint density at radius 1 is 1.33 bits per heavy atom. The van der Waals surface area contributed by atoms with Gasteiger partial charge >= 0.3 is 13.6 Å². The largest absolute Gasteiger partial charge is 0.468 e. The summed E-state index contributed by atoms with van der Waals surface area (Å²) in [5, 5.41) is 4.17. The van der Waals surface area contributed by atoms with Gasteiger partial charge in [0.15, 0.2) is 5.65 Å². The standard InChI is InChI=1S/C15H22N3O5P/c1-5-6-7-11-10-12(18-13(17-11)8-9-16-18)14(15(19)21-2)24(20,22-3)23-4/h8-10,14H,5-7H2,1-4H3. The third kappa shape index (κ3) is 3.50. The second-order valence-electron chi connectivity index (χ2n) is 5.21. The number of hydrogen-bond donors (Lipinski definition) is 0. The van der Waals surface area contributed by atoms with Crippen molar-refractivity contribution in [1.82, 2.24) is 14.6 Å². The molecular formula is C15H22N3O5P. The van der Waals surface area contributed by atoms with E-state index in [0.717, 1.165) is 25.0 Å². The molecule has 1 atom stereocenters. The van der Waals surface area contributed by atoms with E-state index >= 15 is 0 Å². The number of nitrogens with zero attached hydrogens (tertiary/aromatic N) is 3. The van der Waals surface area contributed by atoms with Gasteiger partial charge in [-0.3, -0.25) is 9.36 Å². The molecule has 0 aliphatic heterocycles. The lowest BCUT2D eigenvalue weighted by molar-refractivity contribution is -0.140. The summed E-state index contributed by atoms with van der Waals surface area (Å²) in [6, 6.07) is 3.43. The number of ether oxygens (including phenoxy) is 1. The Bertz CT molecular complexity index is 753. The van der Waals surface area contributed by atoms with Crippen molar-refractivity contribution in [3.05, 3.63) is 29.7 Å². The van der Waals surface area contributed by atoms with Gasteiger partial charge in [0.05, 0.1) is 19.0 Å². The van der Waals surface area contributed by atoms with Crippen LogP contribution in [0.4, 0.5) is 0 Å². The maximum absolute atomic E-state index is 12.9. The van der Waals surface area contributed by atoms with Crippen LogP contribution in [0.2, 0.25) is 0 Å². The first-order valence-corrected chi connectivity index (χ1v) is 9.24. The molecule has 0 saturated heterocycles. The van der Waals surface area contributed by atoms with E-state index in [1.807, 2.05) is 0 Å². The van der Waals surface area contributed by atoms with Crippen LogP contribution in [0.15, 0.2) is 18.3 Å². The first-order valence-electron chi connectivity index (χ1n) is 7.63. The molecule has 2 rings (SSSR count). The zero-order valence-electron chi connectivity index (χ0n) is 14.3. The maximum atomic E-state index is 12.9. The maximum Gasteiger partial charge on any atom is 0.350 e. The summed E-state index contributed by atoms with van der Waals surface area (Å²) in [6.07, 6.45) is 4.26. The molecule has 2 heterocycles. The van der Waals surface area contributed by atoms with E-state index in [2.05, 4.69) is 17.0 Å². The molecule has 9 heteroatoms. The van der Waals surface area contributed by atoms with E-state index in [9.17, 15) is 9.36 Å². The Morgan fingerprint density at radius 2 is 2.04 bits per heavy atom. The number of methoxy groups -OCH3 is 1. The molecule has 0 aliphatic carbocycles. The number of unbranched alkanes of at least 4 members (excludes halogenated alkanes) is 1. The minimum absolute atomic E-state index is 0.370. The molecule has 1 unspecified atom stereocenters. The highest BCUT2D eigenvalue weighted by molar-refractivity contribution is 7.55. The summed E-state index contributed by atoms with van der Waals surface area (Å²) < 4.78 is 29.3. The highest BCUT2D eigenvalue weighted by Gasteiger charge is 2.44. The van der Waals surface area contributed by atoms with Gasteiger partial charge in [0.2, 0.25) is 5.66 Å². The minimum atomic E-state index is -3.77. The number of aromatic nitrogens is 3. The SMILES string of the molecule is CCCCc1cc(C(C(=O)OC)P(=O)(OC)OC)n2nccc2n1. The van der Waals surface area contributed by atoms with Crippen LogP contribution in [0.5, 0.6) is 0 Å². The molecule has 0 radical (unpaired) electrons. The van der Waals surface area contributed by atoms with Crippen LogP contribution < -0.4 is 0 Å². The van der Waals surface area contributed by atoms with E-state index in [-0.39, 0.29) is 0 Å². The quantitative estimate of drug-likeness (QED) is 0.531. The van der Waals surface area contributed by atoms with Crippen molar-refractivity contribution in [3.8, 4) is 0 Å². The smallest absolute Gasteiger partial charge is 0.350 e. The van der Waals surface area contributed by atoms with Gasteiger partial charge in [-0.15, -0.1) is 0 Å². The summed E-state index contributed by atoms with van der Waals surface area (Å²) in [5.74, 6) is -0.716. The molecule has 0 aromatic carbocycles. The zero-order chi connectivity index (χ0) is 17.7. The zero-order valence-corrected chi connectivity index (χ0v) is 15.2. The first kappa shape index (κ1) is 18.6. The summed E-state index contributed by atoms with van der Waals surface area (Å²) >= 11 is 0. The van der Waals surface area contributed by atoms with E-state index < -0.39 is 19.2 Å². The van der Waals surface area contributed by atoms with Crippen LogP contribution in [0.25, 0.3) is 5.65 Å². The molecule has 2 aromatic heterocycles. The van der Waals surface area contributed by atoms with E-state index in [0.29, 0.717) is 11.3 Å². The van der Waals surface area contributed by atoms with Gasteiger partial charge in [-0.05, 0) is 18.9 Å². The number of carbonyl (C=O) groups excluding carboxylic acids is 1. The number of hydrogen-bond acceptors (Lipinski definition) is 7. The number of carbonyl (C=O) groups is 1. The Labute approximate surface area is 140 Å². The number of aryl methyl sites for hydroxylation is 1. The molecule has 8 nitrogen and oxygen atoms in total. The molecular weight excluding hydrogens is 333 g/mol. The minimum Gasteiger partial charge on any atom is -0.468 e. The van der Waals surface area contributed by atoms with Crippen LogP contribution >= 0.6 is 7.60 Å². The molecule has 24 heavy (non-hydrogen) atoms. The van der Waals surface area contributed by atoms with Crippen molar-refractivity contribution in [3.63, 3.8) is 0 Å². The fraction of sp³-hybridized carbons (Fsp3) is 0.533. The van der Waals surface area contributed by atoms with Crippen LogP contribution in [-0.2, 0) is 29.6 Å². The van der Waals surface area contributed by atoms with Gasteiger partial charge in [-0.1, -0.05) is 13.3 Å². The fourth-order valence-electron chi connectivity index (χ4n) is 2.48. The molecule has 0 spiro atoms. The molecule has 0 saturated carbocycles. The van der Waals surface area contributed by atoms with Crippen molar-refractivity contribution < 1.29 is 23.1 Å². The molecule has 0 bridgehead atoms. The van der Waals surface area contributed by atoms with Gasteiger partial charge in [0.1, 0.15) is 0 Å². The van der Waals surface area contributed by atoms with Gasteiger partial charge in [-0.25, -0.2) is 9.50 Å².